The number of pyridine rings is 1. The van der Waals surface area contributed by atoms with E-state index in [-0.39, 0.29) is 66.2 Å². The maximum absolute atomic E-state index is 15.2. The monoisotopic (exact) mass is 618 g/mol. The third-order valence-corrected chi connectivity index (χ3v) is 9.05. The summed E-state index contributed by atoms with van der Waals surface area (Å²) in [7, 11) is 0. The molecule has 2 atom stereocenters. The van der Waals surface area contributed by atoms with Gasteiger partial charge in [0.25, 0.3) is 5.56 Å². The van der Waals surface area contributed by atoms with Crippen molar-refractivity contribution in [2.45, 2.75) is 24.9 Å². The Hall–Kier alpha value is -4.45. The number of rotatable bonds is 7. The molecular weight excluding hydrogens is 590 g/mol. The summed E-state index contributed by atoms with van der Waals surface area (Å²) in [6, 6.07) is 5.99. The molecule has 1 amide bonds. The van der Waals surface area contributed by atoms with Gasteiger partial charge in [0, 0.05) is 48.8 Å². The SMILES string of the molecule is [C-]#[N+]C[C@H]1CN(c2c(C#N)c(=O)n3c4c(c(-c5ccc(F)cc5F)c(Cl)cc24)OCC3CCN2CCC2)CCN1C(=O)C=C. The zero-order valence-electron chi connectivity index (χ0n) is 23.9. The van der Waals surface area contributed by atoms with E-state index in [0.717, 1.165) is 38.2 Å². The zero-order chi connectivity index (χ0) is 31.1. The molecule has 3 aliphatic rings. The normalized spacial score (nSPS) is 19.6. The maximum atomic E-state index is 15.2. The second-order valence-electron chi connectivity index (χ2n) is 11.2. The van der Waals surface area contributed by atoms with E-state index >= 15 is 4.39 Å². The highest BCUT2D eigenvalue weighted by Gasteiger charge is 2.37. The number of benzene rings is 2. The van der Waals surface area contributed by atoms with Crippen LogP contribution in [0.15, 0.2) is 41.7 Å². The van der Waals surface area contributed by atoms with Crippen molar-refractivity contribution in [2.75, 3.05) is 57.3 Å². The highest BCUT2D eigenvalue weighted by Crippen LogP contribution is 2.48. The number of carbonyl (C=O) groups excluding carboxylic acids is 1. The summed E-state index contributed by atoms with van der Waals surface area (Å²) in [5, 5.41) is 11.0. The summed E-state index contributed by atoms with van der Waals surface area (Å²) in [6.45, 7) is 14.6. The summed E-state index contributed by atoms with van der Waals surface area (Å²) in [6.07, 6.45) is 2.92. The van der Waals surface area contributed by atoms with Gasteiger partial charge in [-0.2, -0.15) is 5.26 Å². The Morgan fingerprint density at radius 3 is 2.68 bits per heavy atom. The van der Waals surface area contributed by atoms with E-state index in [1.807, 2.05) is 4.90 Å². The number of anilines is 1. The zero-order valence-corrected chi connectivity index (χ0v) is 24.6. The van der Waals surface area contributed by atoms with Crippen molar-refractivity contribution in [1.82, 2.24) is 14.4 Å². The number of nitriles is 1. The number of likely N-dealkylation sites (tertiary alicyclic amines) is 1. The van der Waals surface area contributed by atoms with Gasteiger partial charge < -0.3 is 24.3 Å². The molecule has 0 bridgehead atoms. The van der Waals surface area contributed by atoms with Gasteiger partial charge in [-0.1, -0.05) is 18.2 Å². The van der Waals surface area contributed by atoms with Crippen LogP contribution in [0.1, 0.15) is 24.4 Å². The van der Waals surface area contributed by atoms with Crippen LogP contribution in [0.2, 0.25) is 5.02 Å². The molecule has 226 valence electrons. The van der Waals surface area contributed by atoms with Crippen LogP contribution < -0.4 is 15.2 Å². The first-order chi connectivity index (χ1) is 21.3. The van der Waals surface area contributed by atoms with E-state index in [2.05, 4.69) is 22.4 Å². The van der Waals surface area contributed by atoms with Gasteiger partial charge in [-0.15, -0.1) is 0 Å². The van der Waals surface area contributed by atoms with Crippen molar-refractivity contribution < 1.29 is 18.3 Å². The summed E-state index contributed by atoms with van der Waals surface area (Å²) >= 11 is 6.84. The van der Waals surface area contributed by atoms with Crippen molar-refractivity contribution in [3.8, 4) is 22.9 Å². The van der Waals surface area contributed by atoms with Gasteiger partial charge in [0.15, 0.2) is 5.75 Å². The Balaban J connectivity index is 1.58. The highest BCUT2D eigenvalue weighted by atomic mass is 35.5. The molecule has 1 unspecified atom stereocenters. The molecule has 1 aromatic heterocycles. The van der Waals surface area contributed by atoms with E-state index in [1.54, 1.807) is 15.5 Å². The van der Waals surface area contributed by atoms with Gasteiger partial charge in [-0.05, 0) is 50.2 Å². The standard InChI is InChI=1S/C32H29ClF2N6O3/c1-3-27(42)40-12-11-39(17-21(40)16-37-2)29-23-14-25(33)28(22-6-5-19(34)13-26(22)35)31-30(23)41(32(43)24(29)15-36)20(18-44-31)7-10-38-8-4-9-38/h3,5-6,13-14,20-21H,1,4,7-12,16-18H2/t20?,21-/m0/s1. The fourth-order valence-corrected chi connectivity index (χ4v) is 6.78. The molecule has 12 heteroatoms. The van der Waals surface area contributed by atoms with Crippen molar-refractivity contribution in [2.24, 2.45) is 0 Å². The molecule has 2 saturated heterocycles. The van der Waals surface area contributed by atoms with Gasteiger partial charge >= 0.3 is 0 Å². The largest absolute Gasteiger partial charge is 0.488 e. The number of aromatic nitrogens is 1. The third-order valence-electron chi connectivity index (χ3n) is 8.76. The molecule has 0 spiro atoms. The van der Waals surface area contributed by atoms with Crippen LogP contribution in [-0.2, 0) is 4.79 Å². The van der Waals surface area contributed by atoms with Crippen LogP contribution in [-0.4, -0.2) is 78.7 Å². The lowest BCUT2D eigenvalue weighted by Gasteiger charge is -2.41. The first-order valence-electron chi connectivity index (χ1n) is 14.4. The van der Waals surface area contributed by atoms with E-state index in [1.165, 1.54) is 12.1 Å². The number of nitrogens with zero attached hydrogens (tertiary/aromatic N) is 6. The van der Waals surface area contributed by atoms with E-state index in [4.69, 9.17) is 22.9 Å². The molecule has 3 aromatic rings. The number of hydrogen-bond donors (Lipinski definition) is 0. The van der Waals surface area contributed by atoms with Gasteiger partial charge in [-0.3, -0.25) is 14.2 Å². The lowest BCUT2D eigenvalue weighted by Crippen LogP contribution is -2.56. The lowest BCUT2D eigenvalue weighted by atomic mass is 9.96. The van der Waals surface area contributed by atoms with Crippen molar-refractivity contribution >= 4 is 34.1 Å². The van der Waals surface area contributed by atoms with E-state index in [9.17, 15) is 19.2 Å². The van der Waals surface area contributed by atoms with Gasteiger partial charge in [0.2, 0.25) is 12.5 Å². The average molecular weight is 619 g/mol. The second kappa shape index (κ2) is 11.9. The van der Waals surface area contributed by atoms with Gasteiger partial charge in [0.05, 0.1) is 22.3 Å². The Labute approximate surface area is 257 Å². The minimum atomic E-state index is -0.834. The molecular formula is C32H29ClF2N6O3. The number of carbonyl (C=O) groups is 1. The number of ether oxygens (including phenoxy) is 1. The minimum Gasteiger partial charge on any atom is -0.488 e. The van der Waals surface area contributed by atoms with Crippen LogP contribution in [0.5, 0.6) is 5.75 Å². The average Bonchev–Trinajstić information content (AvgIpc) is 2.98. The number of piperazine rings is 1. The fraction of sp³-hybridized carbons (Fsp3) is 0.375. The van der Waals surface area contributed by atoms with Crippen molar-refractivity contribution in [3.05, 3.63) is 80.9 Å². The number of hydrogen-bond acceptors (Lipinski definition) is 6. The molecule has 0 radical (unpaired) electrons. The lowest BCUT2D eigenvalue weighted by molar-refractivity contribution is -0.128. The van der Waals surface area contributed by atoms with Gasteiger partial charge in [-0.25, -0.2) is 15.4 Å². The molecule has 2 aromatic carbocycles. The van der Waals surface area contributed by atoms with Crippen LogP contribution >= 0.6 is 11.6 Å². The smallest absolute Gasteiger partial charge is 0.271 e. The van der Waals surface area contributed by atoms with Crippen LogP contribution in [0.3, 0.4) is 0 Å². The van der Waals surface area contributed by atoms with Crippen LogP contribution in [0.25, 0.3) is 26.9 Å². The third kappa shape index (κ3) is 4.96. The molecule has 3 aliphatic heterocycles. The first-order valence-corrected chi connectivity index (χ1v) is 14.8. The molecule has 0 aliphatic carbocycles. The quantitative estimate of drug-likeness (QED) is 0.284. The second-order valence-corrected chi connectivity index (χ2v) is 11.6. The van der Waals surface area contributed by atoms with E-state index in [0.29, 0.717) is 23.0 Å². The maximum Gasteiger partial charge on any atom is 0.271 e. The minimum absolute atomic E-state index is 0.0194. The van der Waals surface area contributed by atoms with E-state index < -0.39 is 29.3 Å². The van der Waals surface area contributed by atoms with Crippen molar-refractivity contribution in [1.29, 1.82) is 5.26 Å². The summed E-state index contributed by atoms with van der Waals surface area (Å²) < 4.78 is 36.9. The molecule has 4 heterocycles. The summed E-state index contributed by atoms with van der Waals surface area (Å²) in [5.74, 6) is -1.70. The summed E-state index contributed by atoms with van der Waals surface area (Å²) in [5.41, 5.74) is 0.317. The summed E-state index contributed by atoms with van der Waals surface area (Å²) in [4.78, 5) is 36.0. The molecule has 44 heavy (non-hydrogen) atoms. The Morgan fingerprint density at radius 1 is 1.23 bits per heavy atom. The van der Waals surface area contributed by atoms with Gasteiger partial charge in [0.1, 0.15) is 35.9 Å². The Kier molecular flexibility index (Phi) is 8.02. The topological polar surface area (TPSA) is 86.2 Å². The molecule has 0 saturated carbocycles. The number of halogens is 3. The molecule has 2 fully saturated rings. The highest BCUT2D eigenvalue weighted by molar-refractivity contribution is 6.35. The van der Waals surface area contributed by atoms with Crippen LogP contribution in [0, 0.1) is 29.5 Å². The Morgan fingerprint density at radius 2 is 2.02 bits per heavy atom. The fourth-order valence-electron chi connectivity index (χ4n) is 6.49. The predicted octanol–water partition coefficient (Wildman–Crippen LogP) is 4.62. The molecule has 9 nitrogen and oxygen atoms in total. The van der Waals surface area contributed by atoms with Crippen molar-refractivity contribution in [3.63, 3.8) is 0 Å². The Bertz CT molecular complexity index is 1830. The molecule has 0 N–H and O–H groups in total. The number of amides is 1. The molecule has 6 rings (SSSR count). The van der Waals surface area contributed by atoms with Crippen LogP contribution in [0.4, 0.5) is 14.5 Å². The first kappa shape index (κ1) is 29.6. The predicted molar refractivity (Wildman–Crippen MR) is 163 cm³/mol.